The monoisotopic (exact) mass is 330 g/mol. The number of hydrogen-bond acceptors (Lipinski definition) is 6. The van der Waals surface area contributed by atoms with Crippen LogP contribution < -0.4 is 10.2 Å². The van der Waals surface area contributed by atoms with Crippen molar-refractivity contribution in [2.45, 2.75) is 19.0 Å². The lowest BCUT2D eigenvalue weighted by Crippen LogP contribution is -2.19. The number of thioether (sulfide) groups is 1. The Morgan fingerprint density at radius 3 is 2.74 bits per heavy atom. The molecule has 120 valence electrons. The van der Waals surface area contributed by atoms with Gasteiger partial charge in [-0.2, -0.15) is 5.10 Å². The van der Waals surface area contributed by atoms with Gasteiger partial charge in [0.2, 0.25) is 0 Å². The maximum atomic E-state index is 11.8. The van der Waals surface area contributed by atoms with Crippen LogP contribution in [-0.2, 0) is 4.79 Å². The van der Waals surface area contributed by atoms with Crippen LogP contribution >= 0.6 is 11.8 Å². The number of amides is 1. The van der Waals surface area contributed by atoms with Crippen molar-refractivity contribution in [3.8, 4) is 5.75 Å². The summed E-state index contributed by atoms with van der Waals surface area (Å²) in [7, 11) is 1.60. The summed E-state index contributed by atoms with van der Waals surface area (Å²) in [5.41, 5.74) is 5.10. The fraction of sp³-hybridized carbons (Fsp3) is 0.250. The predicted molar refractivity (Wildman–Crippen MR) is 91.0 cm³/mol. The molecule has 0 fully saturated rings. The number of methoxy groups -OCH3 is 1. The van der Waals surface area contributed by atoms with Gasteiger partial charge in [-0.1, -0.05) is 23.9 Å². The number of benzene rings is 1. The predicted octanol–water partition coefficient (Wildman–Crippen LogP) is 2.34. The molecule has 2 rings (SSSR count). The molecule has 0 spiro atoms. The van der Waals surface area contributed by atoms with E-state index < -0.39 is 0 Å². The van der Waals surface area contributed by atoms with Gasteiger partial charge in [-0.3, -0.25) is 4.79 Å². The molecule has 0 bridgehead atoms. The lowest BCUT2D eigenvalue weighted by molar-refractivity contribution is -0.118. The van der Waals surface area contributed by atoms with E-state index in [4.69, 9.17) is 4.74 Å². The average Bonchev–Trinajstić information content (AvgIpc) is 2.52. The van der Waals surface area contributed by atoms with Crippen molar-refractivity contribution in [2.24, 2.45) is 5.10 Å². The van der Waals surface area contributed by atoms with Crippen LogP contribution in [0.5, 0.6) is 5.75 Å². The minimum atomic E-state index is -0.211. The first-order valence-corrected chi connectivity index (χ1v) is 7.96. The Labute approximate surface area is 139 Å². The Hall–Kier alpha value is -2.41. The highest BCUT2D eigenvalue weighted by Gasteiger charge is 2.05. The summed E-state index contributed by atoms with van der Waals surface area (Å²) in [6, 6.07) is 9.29. The lowest BCUT2D eigenvalue weighted by atomic mass is 10.2. The SMILES string of the molecule is COc1cccc(/C=N/NC(=O)CSc2nc(C)cc(C)n2)c1. The maximum Gasteiger partial charge on any atom is 0.250 e. The highest BCUT2D eigenvalue weighted by Crippen LogP contribution is 2.13. The number of ether oxygens (including phenoxy) is 1. The molecule has 0 saturated carbocycles. The summed E-state index contributed by atoms with van der Waals surface area (Å²) in [5.74, 6) is 0.734. The van der Waals surface area contributed by atoms with E-state index in [-0.39, 0.29) is 11.7 Å². The number of nitrogens with zero attached hydrogens (tertiary/aromatic N) is 3. The summed E-state index contributed by atoms with van der Waals surface area (Å²) in [5, 5.41) is 4.52. The van der Waals surface area contributed by atoms with E-state index in [0.29, 0.717) is 5.16 Å². The second kappa shape index (κ2) is 8.28. The van der Waals surface area contributed by atoms with E-state index in [1.54, 1.807) is 13.3 Å². The zero-order valence-electron chi connectivity index (χ0n) is 13.2. The third-order valence-electron chi connectivity index (χ3n) is 2.79. The summed E-state index contributed by atoms with van der Waals surface area (Å²) in [6.45, 7) is 3.80. The second-order valence-corrected chi connectivity index (χ2v) is 5.73. The van der Waals surface area contributed by atoms with Crippen LogP contribution in [-0.4, -0.2) is 35.0 Å². The number of rotatable bonds is 6. The number of carbonyl (C=O) groups excluding carboxylic acids is 1. The highest BCUT2D eigenvalue weighted by atomic mass is 32.2. The maximum absolute atomic E-state index is 11.8. The molecule has 1 amide bonds. The quantitative estimate of drug-likeness (QED) is 0.381. The smallest absolute Gasteiger partial charge is 0.250 e. The molecule has 0 unspecified atom stereocenters. The van der Waals surface area contributed by atoms with E-state index in [2.05, 4.69) is 20.5 Å². The van der Waals surface area contributed by atoms with Crippen LogP contribution in [0.4, 0.5) is 0 Å². The van der Waals surface area contributed by atoms with Crippen LogP contribution in [0.3, 0.4) is 0 Å². The van der Waals surface area contributed by atoms with Gasteiger partial charge >= 0.3 is 0 Å². The molecule has 0 aliphatic rings. The summed E-state index contributed by atoms with van der Waals surface area (Å²) in [4.78, 5) is 20.3. The largest absolute Gasteiger partial charge is 0.497 e. The summed E-state index contributed by atoms with van der Waals surface area (Å²) in [6.07, 6.45) is 1.57. The van der Waals surface area contributed by atoms with Crippen molar-refractivity contribution in [1.82, 2.24) is 15.4 Å². The first-order chi connectivity index (χ1) is 11.1. The van der Waals surface area contributed by atoms with Crippen molar-refractivity contribution in [1.29, 1.82) is 0 Å². The third-order valence-corrected chi connectivity index (χ3v) is 3.64. The molecule has 0 radical (unpaired) electrons. The van der Waals surface area contributed by atoms with Gasteiger partial charge in [0.25, 0.3) is 5.91 Å². The molecule has 7 heteroatoms. The number of aryl methyl sites for hydroxylation is 2. The zero-order chi connectivity index (χ0) is 16.7. The van der Waals surface area contributed by atoms with E-state index in [1.165, 1.54) is 11.8 Å². The van der Waals surface area contributed by atoms with Crippen LogP contribution in [0.2, 0.25) is 0 Å². The van der Waals surface area contributed by atoms with E-state index >= 15 is 0 Å². The highest BCUT2D eigenvalue weighted by molar-refractivity contribution is 7.99. The molecule has 1 aromatic heterocycles. The first-order valence-electron chi connectivity index (χ1n) is 6.98. The molecule has 0 saturated heterocycles. The van der Waals surface area contributed by atoms with Crippen LogP contribution in [0.15, 0.2) is 40.6 Å². The normalized spacial score (nSPS) is 10.7. The molecule has 1 heterocycles. The molecule has 2 aromatic rings. The van der Waals surface area contributed by atoms with Gasteiger partial charge in [0, 0.05) is 11.4 Å². The van der Waals surface area contributed by atoms with Gasteiger partial charge in [0.05, 0.1) is 19.1 Å². The second-order valence-electron chi connectivity index (χ2n) is 4.79. The van der Waals surface area contributed by atoms with Gasteiger partial charge < -0.3 is 4.74 Å². The fourth-order valence-electron chi connectivity index (χ4n) is 1.82. The Bertz CT molecular complexity index is 699. The molecular weight excluding hydrogens is 312 g/mol. The van der Waals surface area contributed by atoms with Gasteiger partial charge in [-0.05, 0) is 37.6 Å². The van der Waals surface area contributed by atoms with Crippen LogP contribution in [0, 0.1) is 13.8 Å². The van der Waals surface area contributed by atoms with Gasteiger partial charge in [-0.15, -0.1) is 0 Å². The Morgan fingerprint density at radius 2 is 2.04 bits per heavy atom. The van der Waals surface area contributed by atoms with Gasteiger partial charge in [0.1, 0.15) is 5.75 Å². The van der Waals surface area contributed by atoms with Crippen molar-refractivity contribution in [3.63, 3.8) is 0 Å². The lowest BCUT2D eigenvalue weighted by Gasteiger charge is -2.02. The number of hydrazone groups is 1. The molecule has 0 aliphatic heterocycles. The topological polar surface area (TPSA) is 76.5 Å². The standard InChI is InChI=1S/C16H18N4O2S/c1-11-7-12(2)19-16(18-11)23-10-15(21)20-17-9-13-5-4-6-14(8-13)22-3/h4-9H,10H2,1-3H3,(H,20,21)/b17-9+. The van der Waals surface area contributed by atoms with Gasteiger partial charge in [0.15, 0.2) is 5.16 Å². The van der Waals surface area contributed by atoms with Crippen molar-refractivity contribution >= 4 is 23.9 Å². The number of nitrogens with one attached hydrogen (secondary N) is 1. The van der Waals surface area contributed by atoms with Gasteiger partial charge in [-0.25, -0.2) is 15.4 Å². The first kappa shape index (κ1) is 17.0. The minimum Gasteiger partial charge on any atom is -0.497 e. The zero-order valence-corrected chi connectivity index (χ0v) is 14.1. The molecule has 0 aliphatic carbocycles. The van der Waals surface area contributed by atoms with E-state index in [0.717, 1.165) is 22.7 Å². The molecule has 0 atom stereocenters. The molecule has 1 aromatic carbocycles. The molecular formula is C16H18N4O2S. The Balaban J connectivity index is 1.83. The molecule has 1 N–H and O–H groups in total. The molecule has 6 nitrogen and oxygen atoms in total. The minimum absolute atomic E-state index is 0.207. The number of carbonyl (C=O) groups is 1. The summed E-state index contributed by atoms with van der Waals surface area (Å²) >= 11 is 1.28. The van der Waals surface area contributed by atoms with Crippen molar-refractivity contribution < 1.29 is 9.53 Å². The summed E-state index contributed by atoms with van der Waals surface area (Å²) < 4.78 is 5.12. The average molecular weight is 330 g/mol. The third kappa shape index (κ3) is 5.71. The number of aromatic nitrogens is 2. The van der Waals surface area contributed by atoms with Crippen molar-refractivity contribution in [3.05, 3.63) is 47.3 Å². The molecule has 23 heavy (non-hydrogen) atoms. The Kier molecular flexibility index (Phi) is 6.10. The van der Waals surface area contributed by atoms with Crippen LogP contribution in [0.25, 0.3) is 0 Å². The fourth-order valence-corrected chi connectivity index (χ4v) is 2.56. The van der Waals surface area contributed by atoms with Crippen LogP contribution in [0.1, 0.15) is 17.0 Å². The van der Waals surface area contributed by atoms with Crippen molar-refractivity contribution in [2.75, 3.05) is 12.9 Å². The van der Waals surface area contributed by atoms with E-state index in [1.807, 2.05) is 44.2 Å². The van der Waals surface area contributed by atoms with E-state index in [9.17, 15) is 4.79 Å². The Morgan fingerprint density at radius 1 is 1.30 bits per heavy atom. The number of hydrogen-bond donors (Lipinski definition) is 1.